The van der Waals surface area contributed by atoms with Crippen LogP contribution < -0.4 is 5.32 Å². The molecular formula is C21H16ClFN4O. The predicted octanol–water partition coefficient (Wildman–Crippen LogP) is 4.20. The van der Waals surface area contributed by atoms with Crippen LogP contribution in [0.4, 0.5) is 4.39 Å². The number of nitrogens with one attached hydrogen (secondary N) is 1. The third-order valence-corrected chi connectivity index (χ3v) is 4.60. The number of rotatable bonds is 5. The van der Waals surface area contributed by atoms with Crippen molar-refractivity contribution in [3.05, 3.63) is 94.7 Å². The summed E-state index contributed by atoms with van der Waals surface area (Å²) in [6, 6.07) is 16.6. The Hall–Kier alpha value is -3.25. The second-order valence-corrected chi connectivity index (χ2v) is 6.71. The van der Waals surface area contributed by atoms with Crippen molar-refractivity contribution in [1.82, 2.24) is 19.9 Å². The third-order valence-electron chi connectivity index (χ3n) is 4.35. The molecule has 0 radical (unpaired) electrons. The number of amides is 1. The molecule has 2 aromatic heterocycles. The lowest BCUT2D eigenvalue weighted by molar-refractivity contribution is 0.0949. The van der Waals surface area contributed by atoms with E-state index >= 15 is 0 Å². The van der Waals surface area contributed by atoms with Crippen LogP contribution in [0.5, 0.6) is 0 Å². The first-order valence-electron chi connectivity index (χ1n) is 8.68. The normalized spacial score (nSPS) is 10.9. The van der Waals surface area contributed by atoms with E-state index in [-0.39, 0.29) is 18.3 Å². The Morgan fingerprint density at radius 3 is 2.57 bits per heavy atom. The van der Waals surface area contributed by atoms with E-state index in [1.54, 1.807) is 42.6 Å². The number of halogens is 2. The molecule has 28 heavy (non-hydrogen) atoms. The highest BCUT2D eigenvalue weighted by atomic mass is 35.5. The van der Waals surface area contributed by atoms with E-state index in [0.717, 1.165) is 11.1 Å². The van der Waals surface area contributed by atoms with Crippen molar-refractivity contribution in [2.75, 3.05) is 0 Å². The van der Waals surface area contributed by atoms with Crippen LogP contribution in [0.25, 0.3) is 11.2 Å². The molecule has 0 aliphatic carbocycles. The molecule has 1 amide bonds. The van der Waals surface area contributed by atoms with Gasteiger partial charge in [0.1, 0.15) is 17.2 Å². The standard InChI is InChI=1S/C21H16ClFN4O/c22-16-7-5-15(6-8-16)21(28)25-12-19-26-18-2-1-11-24-20(18)27(19)13-14-3-9-17(23)10-4-14/h1-11H,12-13H2,(H,25,28). The lowest BCUT2D eigenvalue weighted by Gasteiger charge is -2.10. The molecule has 2 aromatic carbocycles. The minimum absolute atomic E-state index is 0.218. The maximum atomic E-state index is 13.2. The van der Waals surface area contributed by atoms with Gasteiger partial charge in [-0.3, -0.25) is 4.79 Å². The van der Waals surface area contributed by atoms with Crippen LogP contribution in [0, 0.1) is 5.82 Å². The fourth-order valence-corrected chi connectivity index (χ4v) is 3.07. The zero-order valence-electron chi connectivity index (χ0n) is 14.8. The van der Waals surface area contributed by atoms with Crippen molar-refractivity contribution >= 4 is 28.7 Å². The molecule has 0 bridgehead atoms. The minimum Gasteiger partial charge on any atom is -0.345 e. The average Bonchev–Trinajstić information content (AvgIpc) is 3.06. The number of aromatic nitrogens is 3. The van der Waals surface area contributed by atoms with Gasteiger partial charge in [0, 0.05) is 16.8 Å². The summed E-state index contributed by atoms with van der Waals surface area (Å²) in [6.07, 6.45) is 1.70. The molecule has 1 N–H and O–H groups in total. The Morgan fingerprint density at radius 1 is 1.07 bits per heavy atom. The lowest BCUT2D eigenvalue weighted by Crippen LogP contribution is -2.24. The van der Waals surface area contributed by atoms with E-state index in [0.29, 0.717) is 28.6 Å². The molecule has 140 valence electrons. The Labute approximate surface area is 165 Å². The van der Waals surface area contributed by atoms with Gasteiger partial charge in [-0.15, -0.1) is 0 Å². The maximum absolute atomic E-state index is 13.2. The molecule has 4 aromatic rings. The van der Waals surface area contributed by atoms with Crippen molar-refractivity contribution in [3.63, 3.8) is 0 Å². The van der Waals surface area contributed by atoms with Crippen molar-refractivity contribution in [2.45, 2.75) is 13.1 Å². The molecular weight excluding hydrogens is 379 g/mol. The number of carbonyl (C=O) groups is 1. The second kappa shape index (κ2) is 7.78. The van der Waals surface area contributed by atoms with Gasteiger partial charge >= 0.3 is 0 Å². The van der Waals surface area contributed by atoms with Crippen LogP contribution in [-0.4, -0.2) is 20.4 Å². The average molecular weight is 395 g/mol. The van der Waals surface area contributed by atoms with Crippen LogP contribution in [0.2, 0.25) is 5.02 Å². The number of carbonyl (C=O) groups excluding carboxylic acids is 1. The Balaban J connectivity index is 1.60. The van der Waals surface area contributed by atoms with Crippen LogP contribution in [0.1, 0.15) is 21.7 Å². The van der Waals surface area contributed by atoms with Gasteiger partial charge in [0.15, 0.2) is 5.65 Å². The van der Waals surface area contributed by atoms with Gasteiger partial charge in [0.2, 0.25) is 0 Å². The summed E-state index contributed by atoms with van der Waals surface area (Å²) in [5.41, 5.74) is 2.88. The Kier molecular flexibility index (Phi) is 5.04. The molecule has 4 rings (SSSR count). The first-order chi connectivity index (χ1) is 13.6. The molecule has 0 aliphatic rings. The number of fused-ring (bicyclic) bond motifs is 1. The van der Waals surface area contributed by atoms with Crippen LogP contribution >= 0.6 is 11.6 Å². The van der Waals surface area contributed by atoms with E-state index in [4.69, 9.17) is 11.6 Å². The topological polar surface area (TPSA) is 59.8 Å². The van der Waals surface area contributed by atoms with Gasteiger partial charge in [0.25, 0.3) is 5.91 Å². The number of imidazole rings is 1. The molecule has 0 aliphatic heterocycles. The van der Waals surface area contributed by atoms with Gasteiger partial charge in [-0.05, 0) is 54.1 Å². The molecule has 0 spiro atoms. The minimum atomic E-state index is -0.284. The SMILES string of the molecule is O=C(NCc1nc2cccnc2n1Cc1ccc(F)cc1)c1ccc(Cl)cc1. The molecule has 0 atom stereocenters. The summed E-state index contributed by atoms with van der Waals surface area (Å²) in [6.45, 7) is 0.707. The van der Waals surface area contributed by atoms with Crippen molar-refractivity contribution in [2.24, 2.45) is 0 Å². The first-order valence-corrected chi connectivity index (χ1v) is 9.06. The smallest absolute Gasteiger partial charge is 0.251 e. The van der Waals surface area contributed by atoms with Gasteiger partial charge in [-0.2, -0.15) is 0 Å². The van der Waals surface area contributed by atoms with Gasteiger partial charge in [-0.1, -0.05) is 23.7 Å². The maximum Gasteiger partial charge on any atom is 0.251 e. The molecule has 0 fully saturated rings. The van der Waals surface area contributed by atoms with E-state index in [2.05, 4.69) is 15.3 Å². The lowest BCUT2D eigenvalue weighted by atomic mass is 10.2. The zero-order chi connectivity index (χ0) is 19.5. The van der Waals surface area contributed by atoms with Gasteiger partial charge in [-0.25, -0.2) is 14.4 Å². The highest BCUT2D eigenvalue weighted by Crippen LogP contribution is 2.17. The van der Waals surface area contributed by atoms with E-state index in [1.165, 1.54) is 12.1 Å². The summed E-state index contributed by atoms with van der Waals surface area (Å²) >= 11 is 5.87. The second-order valence-electron chi connectivity index (χ2n) is 6.28. The number of benzene rings is 2. The molecule has 0 unspecified atom stereocenters. The highest BCUT2D eigenvalue weighted by molar-refractivity contribution is 6.30. The van der Waals surface area contributed by atoms with Crippen LogP contribution in [0.15, 0.2) is 66.9 Å². The Morgan fingerprint density at radius 2 is 1.82 bits per heavy atom. The van der Waals surface area contributed by atoms with Gasteiger partial charge < -0.3 is 9.88 Å². The molecule has 0 saturated carbocycles. The van der Waals surface area contributed by atoms with E-state index in [9.17, 15) is 9.18 Å². The summed E-state index contributed by atoms with van der Waals surface area (Å²) in [5.74, 6) is 0.165. The fraction of sp³-hybridized carbons (Fsp3) is 0.0952. The monoisotopic (exact) mass is 394 g/mol. The van der Waals surface area contributed by atoms with Crippen molar-refractivity contribution < 1.29 is 9.18 Å². The predicted molar refractivity (Wildman–Crippen MR) is 106 cm³/mol. The van der Waals surface area contributed by atoms with Crippen molar-refractivity contribution in [1.29, 1.82) is 0 Å². The van der Waals surface area contributed by atoms with Crippen molar-refractivity contribution in [3.8, 4) is 0 Å². The number of hydrogen-bond donors (Lipinski definition) is 1. The summed E-state index contributed by atoms with van der Waals surface area (Å²) in [4.78, 5) is 21.4. The third kappa shape index (κ3) is 3.87. The number of hydrogen-bond acceptors (Lipinski definition) is 3. The molecule has 2 heterocycles. The molecule has 7 heteroatoms. The van der Waals surface area contributed by atoms with E-state index in [1.807, 2.05) is 16.7 Å². The number of pyridine rings is 1. The summed E-state index contributed by atoms with van der Waals surface area (Å²) in [5, 5.41) is 3.45. The van der Waals surface area contributed by atoms with Crippen LogP contribution in [-0.2, 0) is 13.1 Å². The van der Waals surface area contributed by atoms with E-state index < -0.39 is 0 Å². The zero-order valence-corrected chi connectivity index (χ0v) is 15.5. The van der Waals surface area contributed by atoms with Gasteiger partial charge in [0.05, 0.1) is 13.1 Å². The van der Waals surface area contributed by atoms with Crippen LogP contribution in [0.3, 0.4) is 0 Å². The summed E-state index contributed by atoms with van der Waals surface area (Å²) < 4.78 is 15.1. The fourth-order valence-electron chi connectivity index (χ4n) is 2.94. The molecule has 5 nitrogen and oxygen atoms in total. The first kappa shape index (κ1) is 18.1. The number of nitrogens with zero attached hydrogens (tertiary/aromatic N) is 3. The highest BCUT2D eigenvalue weighted by Gasteiger charge is 2.14. The quantitative estimate of drug-likeness (QED) is 0.551. The molecule has 0 saturated heterocycles. The Bertz CT molecular complexity index is 1120. The largest absolute Gasteiger partial charge is 0.345 e. The summed E-state index contributed by atoms with van der Waals surface area (Å²) in [7, 11) is 0.